The first-order valence-electron chi connectivity index (χ1n) is 12.2. The zero-order valence-electron chi connectivity index (χ0n) is 22.4. The van der Waals surface area contributed by atoms with Gasteiger partial charge < -0.3 is 19.0 Å². The standard InChI is InChI=1S/C29H40O6/c1-17(2)10-9-11-19(5)12-13-22-27(32)26(23(30)14-18(3)4)29-25(28(22)34-8)21(15-20(6)33-7)16-24(31)35-29/h10,12,16,18,20,32H,9,11,13-15H2,1-8H3/b19-12+. The lowest BCUT2D eigenvalue weighted by atomic mass is 9.91. The van der Waals surface area contributed by atoms with Crippen LogP contribution >= 0.6 is 0 Å². The van der Waals surface area contributed by atoms with E-state index in [0.29, 0.717) is 35.1 Å². The van der Waals surface area contributed by atoms with Gasteiger partial charge >= 0.3 is 5.63 Å². The number of fused-ring (bicyclic) bond motifs is 1. The van der Waals surface area contributed by atoms with Gasteiger partial charge in [0.1, 0.15) is 17.1 Å². The van der Waals surface area contributed by atoms with Crippen LogP contribution in [0.15, 0.2) is 38.6 Å². The number of phenols is 1. The van der Waals surface area contributed by atoms with E-state index < -0.39 is 5.63 Å². The summed E-state index contributed by atoms with van der Waals surface area (Å²) < 4.78 is 16.8. The fraction of sp³-hybridized carbons (Fsp3) is 0.517. The van der Waals surface area contributed by atoms with Gasteiger partial charge in [-0.25, -0.2) is 4.79 Å². The fourth-order valence-corrected chi connectivity index (χ4v) is 4.15. The molecule has 6 heteroatoms. The number of methoxy groups -OCH3 is 2. The van der Waals surface area contributed by atoms with Gasteiger partial charge in [0, 0.05) is 25.2 Å². The lowest BCUT2D eigenvalue weighted by Gasteiger charge is -2.19. The van der Waals surface area contributed by atoms with Crippen LogP contribution in [-0.2, 0) is 17.6 Å². The van der Waals surface area contributed by atoms with Crippen LogP contribution in [0.25, 0.3) is 11.0 Å². The average Bonchev–Trinajstić information content (AvgIpc) is 2.76. The number of Topliss-reactive ketones (excluding diaryl/α,β-unsaturated/α-hetero) is 1. The van der Waals surface area contributed by atoms with E-state index in [1.807, 2.05) is 20.8 Å². The van der Waals surface area contributed by atoms with Crippen LogP contribution in [0.4, 0.5) is 0 Å². The molecular weight excluding hydrogens is 444 g/mol. The highest BCUT2D eigenvalue weighted by Gasteiger charge is 2.28. The summed E-state index contributed by atoms with van der Waals surface area (Å²) in [6.45, 7) is 12.0. The average molecular weight is 485 g/mol. The molecule has 0 aliphatic rings. The Kier molecular flexibility index (Phi) is 10.3. The van der Waals surface area contributed by atoms with Crippen molar-refractivity contribution in [3.63, 3.8) is 0 Å². The summed E-state index contributed by atoms with van der Waals surface area (Å²) in [6.07, 6.45) is 6.93. The zero-order valence-corrected chi connectivity index (χ0v) is 22.4. The van der Waals surface area contributed by atoms with E-state index in [4.69, 9.17) is 13.9 Å². The molecule has 1 unspecified atom stereocenters. The lowest BCUT2D eigenvalue weighted by Crippen LogP contribution is -2.14. The van der Waals surface area contributed by atoms with Crippen LogP contribution in [0.5, 0.6) is 11.5 Å². The molecule has 0 aliphatic carbocycles. The van der Waals surface area contributed by atoms with Gasteiger partial charge in [-0.2, -0.15) is 0 Å². The predicted molar refractivity (Wildman–Crippen MR) is 141 cm³/mol. The first kappa shape index (κ1) is 28.4. The number of ether oxygens (including phenoxy) is 2. The molecule has 0 saturated carbocycles. The smallest absolute Gasteiger partial charge is 0.336 e. The summed E-state index contributed by atoms with van der Waals surface area (Å²) in [4.78, 5) is 25.8. The molecule has 192 valence electrons. The molecule has 2 aromatic rings. The normalized spacial score (nSPS) is 12.8. The number of aromatic hydroxyl groups is 1. The van der Waals surface area contributed by atoms with E-state index in [-0.39, 0.29) is 41.1 Å². The van der Waals surface area contributed by atoms with Crippen molar-refractivity contribution in [1.82, 2.24) is 0 Å². The van der Waals surface area contributed by atoms with E-state index >= 15 is 0 Å². The first-order chi connectivity index (χ1) is 16.5. The highest BCUT2D eigenvalue weighted by molar-refractivity contribution is 6.11. The molecule has 1 atom stereocenters. The second-order valence-corrected chi connectivity index (χ2v) is 9.88. The van der Waals surface area contributed by atoms with Crippen molar-refractivity contribution in [2.45, 2.75) is 79.8 Å². The van der Waals surface area contributed by atoms with Crippen molar-refractivity contribution in [2.75, 3.05) is 14.2 Å². The van der Waals surface area contributed by atoms with E-state index in [0.717, 1.165) is 12.8 Å². The van der Waals surface area contributed by atoms with Gasteiger partial charge in [-0.05, 0) is 64.9 Å². The molecule has 1 N–H and O–H groups in total. The maximum absolute atomic E-state index is 13.3. The van der Waals surface area contributed by atoms with E-state index in [1.165, 1.54) is 24.3 Å². The molecule has 1 aromatic carbocycles. The number of phenolic OH excluding ortho intramolecular Hbond substituents is 1. The molecule has 0 saturated heterocycles. The van der Waals surface area contributed by atoms with Gasteiger partial charge in [0.2, 0.25) is 0 Å². The number of carbonyl (C=O) groups is 1. The Bertz CT molecular complexity index is 1160. The quantitative estimate of drug-likeness (QED) is 0.209. The summed E-state index contributed by atoms with van der Waals surface area (Å²) in [5, 5.41) is 11.9. The number of rotatable bonds is 12. The Morgan fingerprint density at radius 3 is 2.40 bits per heavy atom. The summed E-state index contributed by atoms with van der Waals surface area (Å²) in [5.74, 6) is 0.0290. The molecule has 0 fully saturated rings. The minimum Gasteiger partial charge on any atom is -0.507 e. The van der Waals surface area contributed by atoms with Crippen molar-refractivity contribution in [3.8, 4) is 11.5 Å². The van der Waals surface area contributed by atoms with Crippen molar-refractivity contribution in [1.29, 1.82) is 0 Å². The summed E-state index contributed by atoms with van der Waals surface area (Å²) >= 11 is 0. The Labute approximate surface area is 208 Å². The Balaban J connectivity index is 2.79. The van der Waals surface area contributed by atoms with Crippen LogP contribution in [0.3, 0.4) is 0 Å². The minimum absolute atomic E-state index is 0.0455. The Morgan fingerprint density at radius 1 is 1.14 bits per heavy atom. The molecule has 6 nitrogen and oxygen atoms in total. The second kappa shape index (κ2) is 12.7. The molecule has 0 amide bonds. The zero-order chi connectivity index (χ0) is 26.3. The molecule has 0 radical (unpaired) electrons. The van der Waals surface area contributed by atoms with Crippen LogP contribution in [0, 0.1) is 5.92 Å². The second-order valence-electron chi connectivity index (χ2n) is 9.88. The number of hydrogen-bond donors (Lipinski definition) is 1. The minimum atomic E-state index is -0.585. The van der Waals surface area contributed by atoms with Crippen LogP contribution in [0.1, 0.15) is 82.3 Å². The highest BCUT2D eigenvalue weighted by Crippen LogP contribution is 2.43. The summed E-state index contributed by atoms with van der Waals surface area (Å²) in [5.41, 5.74) is 3.15. The number of ketones is 1. The van der Waals surface area contributed by atoms with Crippen LogP contribution in [0.2, 0.25) is 0 Å². The van der Waals surface area contributed by atoms with Crippen molar-refractivity contribution in [2.24, 2.45) is 5.92 Å². The molecule has 35 heavy (non-hydrogen) atoms. The number of carbonyl (C=O) groups excluding carboxylic acids is 1. The van der Waals surface area contributed by atoms with Crippen molar-refractivity contribution < 1.29 is 23.8 Å². The maximum Gasteiger partial charge on any atom is 0.336 e. The predicted octanol–water partition coefficient (Wildman–Crippen LogP) is 6.55. The number of hydrogen-bond acceptors (Lipinski definition) is 6. The molecule has 1 aromatic heterocycles. The van der Waals surface area contributed by atoms with Crippen molar-refractivity contribution in [3.05, 3.63) is 56.5 Å². The highest BCUT2D eigenvalue weighted by atomic mass is 16.5. The molecule has 2 rings (SSSR count). The monoisotopic (exact) mass is 484 g/mol. The first-order valence-corrected chi connectivity index (χ1v) is 12.2. The van der Waals surface area contributed by atoms with Crippen LogP contribution < -0.4 is 10.4 Å². The third-order valence-electron chi connectivity index (χ3n) is 6.03. The van der Waals surface area contributed by atoms with Gasteiger partial charge in [-0.1, -0.05) is 37.1 Å². The van der Waals surface area contributed by atoms with Gasteiger partial charge in [-0.15, -0.1) is 0 Å². The molecule has 0 spiro atoms. The third kappa shape index (κ3) is 7.31. The fourth-order valence-electron chi connectivity index (χ4n) is 4.15. The van der Waals surface area contributed by atoms with E-state index in [9.17, 15) is 14.7 Å². The molecule has 0 bridgehead atoms. The molecular formula is C29H40O6. The Morgan fingerprint density at radius 2 is 1.83 bits per heavy atom. The molecule has 1 heterocycles. The van der Waals surface area contributed by atoms with E-state index in [1.54, 1.807) is 7.11 Å². The Hall–Kier alpha value is -2.86. The number of benzene rings is 1. The largest absolute Gasteiger partial charge is 0.507 e. The van der Waals surface area contributed by atoms with Gasteiger partial charge in [0.25, 0.3) is 0 Å². The van der Waals surface area contributed by atoms with E-state index in [2.05, 4.69) is 32.9 Å². The maximum atomic E-state index is 13.3. The molecule has 0 aliphatic heterocycles. The summed E-state index contributed by atoms with van der Waals surface area (Å²) in [7, 11) is 3.13. The summed E-state index contributed by atoms with van der Waals surface area (Å²) in [6, 6.07) is 1.42. The van der Waals surface area contributed by atoms with Crippen molar-refractivity contribution >= 4 is 16.8 Å². The SMILES string of the molecule is COc1c(C/C=C(\C)CCC=C(C)C)c(O)c(C(=O)CC(C)C)c2oc(=O)cc(CC(C)OC)c12. The van der Waals surface area contributed by atoms with Crippen LogP contribution in [-0.4, -0.2) is 31.2 Å². The van der Waals surface area contributed by atoms with Gasteiger partial charge in [0.05, 0.1) is 18.6 Å². The van der Waals surface area contributed by atoms with Gasteiger partial charge in [-0.3, -0.25) is 4.79 Å². The topological polar surface area (TPSA) is 86.0 Å². The number of allylic oxidation sites excluding steroid dienone is 4. The third-order valence-corrected chi connectivity index (χ3v) is 6.03. The lowest BCUT2D eigenvalue weighted by molar-refractivity contribution is 0.0965. The van der Waals surface area contributed by atoms with Gasteiger partial charge in [0.15, 0.2) is 11.4 Å².